The van der Waals surface area contributed by atoms with Gasteiger partial charge in [0.1, 0.15) is 11.3 Å². The summed E-state index contributed by atoms with van der Waals surface area (Å²) in [6.07, 6.45) is 0. The van der Waals surface area contributed by atoms with Gasteiger partial charge in [0, 0.05) is 6.92 Å². The van der Waals surface area contributed by atoms with Crippen LogP contribution in [0, 0.1) is 13.8 Å². The van der Waals surface area contributed by atoms with Crippen LogP contribution in [0.2, 0.25) is 0 Å². The number of nitrogens with two attached hydrogens (primary N) is 2. The Balaban J connectivity index is 0.000000251. The molecule has 0 amide bonds. The molecule has 0 aliphatic heterocycles. The minimum atomic E-state index is -1.11. The number of carboxylic acid groups (broad SMARTS) is 1. The zero-order chi connectivity index (χ0) is 19.0. The third-order valence-electron chi connectivity index (χ3n) is 3.12. The highest BCUT2D eigenvalue weighted by atomic mass is 16.5. The average molecular weight is 343 g/mol. The number of aliphatic imine (C=N–C) groups is 1. The number of hydrogen-bond donors (Lipinski definition) is 3. The first-order valence-corrected chi connectivity index (χ1v) is 7.38. The highest BCUT2D eigenvalue weighted by Gasteiger charge is 2.10. The average Bonchev–Trinajstić information content (AvgIpc) is 2.51. The molecule has 0 unspecified atom stereocenters. The summed E-state index contributed by atoms with van der Waals surface area (Å²) in [6.45, 7) is 5.30. The van der Waals surface area contributed by atoms with Gasteiger partial charge in [0.15, 0.2) is 5.96 Å². The number of ether oxygens (including phenoxy) is 1. The van der Waals surface area contributed by atoms with Crippen molar-refractivity contribution < 1.29 is 19.4 Å². The van der Waals surface area contributed by atoms with Crippen LogP contribution in [0.3, 0.4) is 0 Å². The normalized spacial score (nSPS) is 9.40. The second-order valence-electron chi connectivity index (χ2n) is 5.20. The number of guanidine groups is 1. The molecule has 0 radical (unpaired) electrons. The third-order valence-corrected chi connectivity index (χ3v) is 3.12. The lowest BCUT2D eigenvalue weighted by Gasteiger charge is -2.03. The summed E-state index contributed by atoms with van der Waals surface area (Å²) in [5, 5.41) is 8.69. The molecule has 0 fully saturated rings. The van der Waals surface area contributed by atoms with Crippen LogP contribution in [0.4, 0.5) is 5.69 Å². The van der Waals surface area contributed by atoms with Crippen LogP contribution in [0.15, 0.2) is 47.5 Å². The maximum atomic E-state index is 10.6. The van der Waals surface area contributed by atoms with Crippen molar-refractivity contribution in [2.75, 3.05) is 0 Å². The summed E-state index contributed by atoms with van der Waals surface area (Å²) >= 11 is 0. The topological polar surface area (TPSA) is 128 Å². The summed E-state index contributed by atoms with van der Waals surface area (Å²) in [7, 11) is 0. The van der Waals surface area contributed by atoms with Crippen molar-refractivity contribution in [3.05, 3.63) is 59.2 Å². The van der Waals surface area contributed by atoms with E-state index in [4.69, 9.17) is 16.6 Å². The number of carbonyl (C=O) groups excluding carboxylic acids is 1. The van der Waals surface area contributed by atoms with Crippen LogP contribution >= 0.6 is 0 Å². The summed E-state index contributed by atoms with van der Waals surface area (Å²) < 4.78 is 4.69. The number of carboxylic acids is 1. The number of nitrogens with zero attached hydrogens (tertiary/aromatic N) is 1. The quantitative estimate of drug-likeness (QED) is 0.340. The van der Waals surface area contributed by atoms with Gasteiger partial charge >= 0.3 is 11.9 Å². The van der Waals surface area contributed by atoms with Crippen LogP contribution < -0.4 is 16.2 Å². The number of aromatic carboxylic acids is 1. The number of esters is 1. The van der Waals surface area contributed by atoms with Crippen molar-refractivity contribution in [2.24, 2.45) is 16.5 Å². The van der Waals surface area contributed by atoms with Crippen molar-refractivity contribution in [3.8, 4) is 5.75 Å². The molecule has 0 atom stereocenters. The zero-order valence-electron chi connectivity index (χ0n) is 14.3. The molecule has 0 heterocycles. The second-order valence-corrected chi connectivity index (χ2v) is 5.20. The molecule has 2 aromatic carbocycles. The van der Waals surface area contributed by atoms with Gasteiger partial charge in [-0.15, -0.1) is 0 Å². The third kappa shape index (κ3) is 6.74. The standard InChI is InChI=1S/C9H13N3.C9H8O4/c1-6-3-4-8(5-7(6)2)12-9(10)11;1-6(10)13-8-5-3-2-4-7(8)9(11)12/h3-5H,1-2H3,(H4,10,11,12);2-5H,1H3,(H,11,12). The van der Waals surface area contributed by atoms with E-state index in [-0.39, 0.29) is 17.3 Å². The minimum Gasteiger partial charge on any atom is -0.478 e. The van der Waals surface area contributed by atoms with Crippen LogP contribution in [0.1, 0.15) is 28.4 Å². The van der Waals surface area contributed by atoms with Gasteiger partial charge in [0.2, 0.25) is 0 Å². The fraction of sp³-hybridized carbons (Fsp3) is 0.167. The predicted octanol–water partition coefficient (Wildman–Crippen LogP) is 2.52. The molecule has 0 saturated heterocycles. The number of hydrogen-bond acceptors (Lipinski definition) is 4. The van der Waals surface area contributed by atoms with E-state index >= 15 is 0 Å². The van der Waals surface area contributed by atoms with Crippen LogP contribution in [0.5, 0.6) is 5.75 Å². The molecule has 2 rings (SSSR count). The number of carbonyl (C=O) groups is 2. The summed E-state index contributed by atoms with van der Waals surface area (Å²) in [5.41, 5.74) is 13.7. The molecule has 0 aliphatic rings. The maximum Gasteiger partial charge on any atom is 0.339 e. The summed E-state index contributed by atoms with van der Waals surface area (Å²) in [5.74, 6) is -1.48. The largest absolute Gasteiger partial charge is 0.478 e. The van der Waals surface area contributed by atoms with Crippen molar-refractivity contribution in [1.82, 2.24) is 0 Å². The van der Waals surface area contributed by atoms with Gasteiger partial charge < -0.3 is 21.3 Å². The molecule has 0 aromatic heterocycles. The van der Waals surface area contributed by atoms with Gasteiger partial charge in [-0.05, 0) is 49.2 Å². The molecule has 0 aliphatic carbocycles. The molecule has 2 aromatic rings. The maximum absolute atomic E-state index is 10.6. The van der Waals surface area contributed by atoms with E-state index < -0.39 is 11.9 Å². The van der Waals surface area contributed by atoms with Crippen molar-refractivity contribution >= 4 is 23.6 Å². The fourth-order valence-electron chi connectivity index (χ4n) is 1.83. The van der Waals surface area contributed by atoms with E-state index in [0.717, 1.165) is 5.69 Å². The van der Waals surface area contributed by atoms with E-state index in [1.54, 1.807) is 12.1 Å². The predicted molar refractivity (Wildman–Crippen MR) is 96.1 cm³/mol. The SMILES string of the molecule is CC(=O)Oc1ccccc1C(=O)O.Cc1ccc(N=C(N)N)cc1C. The lowest BCUT2D eigenvalue weighted by atomic mass is 10.1. The van der Waals surface area contributed by atoms with Crippen LogP contribution in [-0.4, -0.2) is 23.0 Å². The Morgan fingerprint density at radius 1 is 1.04 bits per heavy atom. The van der Waals surface area contributed by atoms with Crippen molar-refractivity contribution in [2.45, 2.75) is 20.8 Å². The number of para-hydroxylation sites is 1. The van der Waals surface area contributed by atoms with Crippen molar-refractivity contribution in [3.63, 3.8) is 0 Å². The Bertz CT molecular complexity index is 797. The fourth-order valence-corrected chi connectivity index (χ4v) is 1.83. The number of aryl methyl sites for hydroxylation is 2. The highest BCUT2D eigenvalue weighted by molar-refractivity contribution is 5.91. The smallest absolute Gasteiger partial charge is 0.339 e. The second kappa shape index (κ2) is 9.07. The van der Waals surface area contributed by atoms with Gasteiger partial charge in [-0.1, -0.05) is 18.2 Å². The van der Waals surface area contributed by atoms with Gasteiger partial charge in [-0.3, -0.25) is 4.79 Å². The Labute approximate surface area is 145 Å². The van der Waals surface area contributed by atoms with Gasteiger partial charge in [0.05, 0.1) is 5.69 Å². The number of benzene rings is 2. The molecule has 5 N–H and O–H groups in total. The van der Waals surface area contributed by atoms with E-state index in [0.29, 0.717) is 0 Å². The lowest BCUT2D eigenvalue weighted by molar-refractivity contribution is -0.131. The van der Waals surface area contributed by atoms with E-state index in [1.807, 2.05) is 25.1 Å². The molecule has 0 bridgehead atoms. The Kier molecular flexibility index (Phi) is 7.15. The monoisotopic (exact) mass is 343 g/mol. The molecular weight excluding hydrogens is 322 g/mol. The molecule has 7 heteroatoms. The van der Waals surface area contributed by atoms with Crippen LogP contribution in [0.25, 0.3) is 0 Å². The van der Waals surface area contributed by atoms with Crippen LogP contribution in [-0.2, 0) is 4.79 Å². The van der Waals surface area contributed by atoms with E-state index in [1.165, 1.54) is 30.2 Å². The summed E-state index contributed by atoms with van der Waals surface area (Å²) in [4.78, 5) is 25.1. The Morgan fingerprint density at radius 2 is 1.68 bits per heavy atom. The molecular formula is C18H21N3O4. The van der Waals surface area contributed by atoms with E-state index in [2.05, 4.69) is 16.7 Å². The Hall–Kier alpha value is -3.35. The minimum absolute atomic E-state index is 0.0160. The Morgan fingerprint density at radius 3 is 2.20 bits per heavy atom. The van der Waals surface area contributed by atoms with Crippen molar-refractivity contribution in [1.29, 1.82) is 0 Å². The first-order valence-electron chi connectivity index (χ1n) is 7.38. The van der Waals surface area contributed by atoms with E-state index in [9.17, 15) is 9.59 Å². The zero-order valence-corrected chi connectivity index (χ0v) is 14.3. The van der Waals surface area contributed by atoms with Gasteiger partial charge in [-0.25, -0.2) is 9.79 Å². The molecule has 0 saturated carbocycles. The molecule has 132 valence electrons. The van der Waals surface area contributed by atoms with Gasteiger partial charge in [0.25, 0.3) is 0 Å². The lowest BCUT2D eigenvalue weighted by Crippen LogP contribution is -2.21. The highest BCUT2D eigenvalue weighted by Crippen LogP contribution is 2.17. The summed E-state index contributed by atoms with van der Waals surface area (Å²) in [6, 6.07) is 11.8. The first-order chi connectivity index (χ1) is 11.7. The molecule has 7 nitrogen and oxygen atoms in total. The van der Waals surface area contributed by atoms with Gasteiger partial charge in [-0.2, -0.15) is 0 Å². The first kappa shape index (κ1) is 19.7. The number of rotatable bonds is 3. The molecule has 25 heavy (non-hydrogen) atoms. The molecule has 0 spiro atoms.